The Hall–Kier alpha value is -2.54. The lowest BCUT2D eigenvalue weighted by Crippen LogP contribution is -2.36. The van der Waals surface area contributed by atoms with Crippen LogP contribution in [0.15, 0.2) is 28.7 Å². The van der Waals surface area contributed by atoms with Gasteiger partial charge in [-0.3, -0.25) is 14.9 Å². The van der Waals surface area contributed by atoms with Crippen LogP contribution in [0.3, 0.4) is 0 Å². The second kappa shape index (κ2) is 6.64. The number of carbonyl (C=O) groups excluding carboxylic acids is 2. The first-order chi connectivity index (χ1) is 12.5. The van der Waals surface area contributed by atoms with E-state index in [0.717, 1.165) is 22.5 Å². The third-order valence-electron chi connectivity index (χ3n) is 4.63. The molecule has 2 heterocycles. The summed E-state index contributed by atoms with van der Waals surface area (Å²) in [5, 5.41) is 11.1. The van der Waals surface area contributed by atoms with Gasteiger partial charge in [-0.1, -0.05) is 12.1 Å². The van der Waals surface area contributed by atoms with E-state index < -0.39 is 0 Å². The number of thiazole rings is 1. The average molecular weight is 368 g/mol. The minimum Gasteiger partial charge on any atom is -0.297 e. The normalized spacial score (nSPS) is 17.2. The molecule has 1 aromatic carbocycles. The van der Waals surface area contributed by atoms with E-state index in [4.69, 9.17) is 0 Å². The fourth-order valence-electron chi connectivity index (χ4n) is 2.93. The number of anilines is 2. The predicted molar refractivity (Wildman–Crippen MR) is 103 cm³/mol. The van der Waals surface area contributed by atoms with Crippen molar-refractivity contribution in [3.05, 3.63) is 40.4 Å². The molecule has 7 heteroatoms. The van der Waals surface area contributed by atoms with Gasteiger partial charge in [0.2, 0.25) is 5.91 Å². The standard InChI is InChI=1S/C19H20N4O2S/c1-11-3-4-12(2)16(9-11)23-17(24)8-7-14(22-23)18(25)21-19-20-15(10-26-19)13-5-6-13/h3-4,9-10,13H,5-8H2,1-2H3,(H,20,21,25). The monoisotopic (exact) mass is 368 g/mol. The maximum atomic E-state index is 12.6. The van der Waals surface area contributed by atoms with Crippen LogP contribution in [0.2, 0.25) is 0 Å². The highest BCUT2D eigenvalue weighted by Crippen LogP contribution is 2.40. The van der Waals surface area contributed by atoms with E-state index >= 15 is 0 Å². The van der Waals surface area contributed by atoms with E-state index in [1.165, 1.54) is 29.2 Å². The van der Waals surface area contributed by atoms with Gasteiger partial charge in [0.15, 0.2) is 5.13 Å². The summed E-state index contributed by atoms with van der Waals surface area (Å²) in [5.74, 6) is 0.173. The topological polar surface area (TPSA) is 74.7 Å². The second-order valence-electron chi connectivity index (χ2n) is 6.85. The molecule has 1 aliphatic heterocycles. The highest BCUT2D eigenvalue weighted by molar-refractivity contribution is 7.14. The Kier molecular flexibility index (Phi) is 4.32. The maximum Gasteiger partial charge on any atom is 0.273 e. The van der Waals surface area contributed by atoms with Crippen molar-refractivity contribution in [2.75, 3.05) is 10.3 Å². The molecule has 1 aromatic heterocycles. The molecule has 1 saturated carbocycles. The Bertz CT molecular complexity index is 914. The first kappa shape index (κ1) is 16.9. The smallest absolute Gasteiger partial charge is 0.273 e. The van der Waals surface area contributed by atoms with Crippen molar-refractivity contribution >= 4 is 39.7 Å². The zero-order valence-corrected chi connectivity index (χ0v) is 15.6. The van der Waals surface area contributed by atoms with Crippen LogP contribution in [0.25, 0.3) is 0 Å². The number of amides is 2. The molecule has 1 aliphatic carbocycles. The van der Waals surface area contributed by atoms with Gasteiger partial charge in [0, 0.05) is 24.1 Å². The molecule has 0 radical (unpaired) electrons. The molecule has 6 nitrogen and oxygen atoms in total. The Morgan fingerprint density at radius 3 is 2.85 bits per heavy atom. The lowest BCUT2D eigenvalue weighted by atomic mass is 10.1. The molecule has 2 amide bonds. The minimum atomic E-state index is -0.287. The Morgan fingerprint density at radius 1 is 1.27 bits per heavy atom. The number of aryl methyl sites for hydroxylation is 2. The van der Waals surface area contributed by atoms with E-state index in [1.807, 2.05) is 37.4 Å². The highest BCUT2D eigenvalue weighted by atomic mass is 32.1. The van der Waals surface area contributed by atoms with Crippen LogP contribution < -0.4 is 10.3 Å². The number of hydrazone groups is 1. The van der Waals surface area contributed by atoms with Gasteiger partial charge >= 0.3 is 0 Å². The van der Waals surface area contributed by atoms with E-state index in [0.29, 0.717) is 23.2 Å². The lowest BCUT2D eigenvalue weighted by molar-refractivity contribution is -0.118. The predicted octanol–water partition coefficient (Wildman–Crippen LogP) is 3.76. The largest absolute Gasteiger partial charge is 0.297 e. The van der Waals surface area contributed by atoms with E-state index in [-0.39, 0.29) is 18.2 Å². The molecule has 2 aromatic rings. The molecule has 0 unspecified atom stereocenters. The number of nitrogens with one attached hydrogen (secondary N) is 1. The molecule has 0 bridgehead atoms. The molecule has 4 rings (SSSR count). The number of nitrogens with zero attached hydrogens (tertiary/aromatic N) is 3. The van der Waals surface area contributed by atoms with Crippen LogP contribution in [-0.4, -0.2) is 22.5 Å². The summed E-state index contributed by atoms with van der Waals surface area (Å²) in [4.78, 5) is 29.4. The number of hydrogen-bond donors (Lipinski definition) is 1. The zero-order chi connectivity index (χ0) is 18.3. The third-order valence-corrected chi connectivity index (χ3v) is 5.40. The molecule has 2 aliphatic rings. The van der Waals surface area contributed by atoms with Crippen LogP contribution in [0, 0.1) is 13.8 Å². The molecule has 0 spiro atoms. The maximum absolute atomic E-state index is 12.6. The summed E-state index contributed by atoms with van der Waals surface area (Å²) in [7, 11) is 0. The first-order valence-corrected chi connectivity index (χ1v) is 9.63. The number of benzene rings is 1. The minimum absolute atomic E-state index is 0.0967. The van der Waals surface area contributed by atoms with Crippen molar-refractivity contribution in [1.29, 1.82) is 0 Å². The summed E-state index contributed by atoms with van der Waals surface area (Å²) in [6.45, 7) is 3.90. The van der Waals surface area contributed by atoms with Crippen LogP contribution in [0.5, 0.6) is 0 Å². The van der Waals surface area contributed by atoms with E-state index in [9.17, 15) is 9.59 Å². The molecule has 26 heavy (non-hydrogen) atoms. The van der Waals surface area contributed by atoms with Crippen molar-refractivity contribution in [1.82, 2.24) is 4.98 Å². The Labute approximate surface area is 155 Å². The van der Waals surface area contributed by atoms with Gasteiger partial charge in [0.1, 0.15) is 5.71 Å². The highest BCUT2D eigenvalue weighted by Gasteiger charge is 2.28. The van der Waals surface area contributed by atoms with Gasteiger partial charge in [-0.15, -0.1) is 11.3 Å². The van der Waals surface area contributed by atoms with Gasteiger partial charge in [-0.2, -0.15) is 5.10 Å². The fraction of sp³-hybridized carbons (Fsp3) is 0.368. The van der Waals surface area contributed by atoms with Gasteiger partial charge in [0.25, 0.3) is 5.91 Å². The number of aromatic nitrogens is 1. The average Bonchev–Trinajstić information content (AvgIpc) is 3.37. The van der Waals surface area contributed by atoms with Crippen molar-refractivity contribution in [2.45, 2.75) is 45.4 Å². The number of hydrogen-bond acceptors (Lipinski definition) is 5. The van der Waals surface area contributed by atoms with Gasteiger partial charge < -0.3 is 0 Å². The number of carbonyl (C=O) groups is 2. The van der Waals surface area contributed by atoms with Crippen LogP contribution in [-0.2, 0) is 9.59 Å². The van der Waals surface area contributed by atoms with Crippen LogP contribution in [0.4, 0.5) is 10.8 Å². The summed E-state index contributed by atoms with van der Waals surface area (Å²) < 4.78 is 0. The fourth-order valence-corrected chi connectivity index (χ4v) is 3.72. The van der Waals surface area contributed by atoms with Crippen molar-refractivity contribution < 1.29 is 9.59 Å². The third kappa shape index (κ3) is 3.39. The first-order valence-electron chi connectivity index (χ1n) is 8.76. The summed E-state index contributed by atoms with van der Waals surface area (Å²) in [6.07, 6.45) is 2.96. The number of rotatable bonds is 4. The Balaban J connectivity index is 1.55. The van der Waals surface area contributed by atoms with Crippen LogP contribution in [0.1, 0.15) is 48.4 Å². The van der Waals surface area contributed by atoms with Gasteiger partial charge in [-0.25, -0.2) is 9.99 Å². The van der Waals surface area contributed by atoms with Gasteiger partial charge in [-0.05, 0) is 43.9 Å². The molecule has 0 atom stereocenters. The van der Waals surface area contributed by atoms with E-state index in [2.05, 4.69) is 15.4 Å². The summed E-state index contributed by atoms with van der Waals surface area (Å²) in [6, 6.07) is 5.86. The molecular weight excluding hydrogens is 348 g/mol. The molecular formula is C19H20N4O2S. The van der Waals surface area contributed by atoms with E-state index in [1.54, 1.807) is 0 Å². The lowest BCUT2D eigenvalue weighted by Gasteiger charge is -2.24. The summed E-state index contributed by atoms with van der Waals surface area (Å²) in [5.41, 5.74) is 4.13. The molecule has 1 fully saturated rings. The molecule has 1 N–H and O–H groups in total. The van der Waals surface area contributed by atoms with Crippen LogP contribution >= 0.6 is 11.3 Å². The summed E-state index contributed by atoms with van der Waals surface area (Å²) >= 11 is 1.43. The Morgan fingerprint density at radius 2 is 2.08 bits per heavy atom. The SMILES string of the molecule is Cc1ccc(C)c(N2N=C(C(=O)Nc3nc(C4CC4)cs3)CCC2=O)c1. The van der Waals surface area contributed by atoms with Crippen molar-refractivity contribution in [3.63, 3.8) is 0 Å². The second-order valence-corrected chi connectivity index (χ2v) is 7.71. The molecule has 134 valence electrons. The van der Waals surface area contributed by atoms with Crippen molar-refractivity contribution in [3.8, 4) is 0 Å². The van der Waals surface area contributed by atoms with Crippen molar-refractivity contribution in [2.24, 2.45) is 5.10 Å². The molecule has 0 saturated heterocycles. The zero-order valence-electron chi connectivity index (χ0n) is 14.8. The van der Waals surface area contributed by atoms with Gasteiger partial charge in [0.05, 0.1) is 11.4 Å². The quantitative estimate of drug-likeness (QED) is 0.893.